The molecule has 0 bridgehead atoms. The first-order chi connectivity index (χ1) is 11.1. The molecule has 0 aliphatic carbocycles. The SMILES string of the molecule is COc1c(O)c(O)c(C)c2c1OC(=O)C2(C)NC(=O)/C=C/C(=O)O. The van der Waals surface area contributed by atoms with Crippen molar-refractivity contribution in [3.63, 3.8) is 0 Å². The number of amides is 1. The van der Waals surface area contributed by atoms with Crippen molar-refractivity contribution in [1.82, 2.24) is 5.32 Å². The zero-order valence-corrected chi connectivity index (χ0v) is 13.0. The monoisotopic (exact) mass is 337 g/mol. The number of benzene rings is 1. The van der Waals surface area contributed by atoms with Gasteiger partial charge in [-0.15, -0.1) is 0 Å². The summed E-state index contributed by atoms with van der Waals surface area (Å²) in [6.45, 7) is 2.75. The molecule has 24 heavy (non-hydrogen) atoms. The van der Waals surface area contributed by atoms with Gasteiger partial charge in [-0.05, 0) is 13.8 Å². The van der Waals surface area contributed by atoms with E-state index in [-0.39, 0.29) is 22.6 Å². The molecule has 1 heterocycles. The minimum atomic E-state index is -1.70. The smallest absolute Gasteiger partial charge is 0.341 e. The molecule has 0 spiro atoms. The first-order valence-electron chi connectivity index (χ1n) is 6.71. The van der Waals surface area contributed by atoms with E-state index in [2.05, 4.69) is 5.32 Å². The average molecular weight is 337 g/mol. The second kappa shape index (κ2) is 5.76. The zero-order valence-electron chi connectivity index (χ0n) is 13.0. The van der Waals surface area contributed by atoms with Crippen molar-refractivity contribution in [2.75, 3.05) is 7.11 Å². The van der Waals surface area contributed by atoms with Gasteiger partial charge in [0.2, 0.25) is 17.4 Å². The topological polar surface area (TPSA) is 142 Å². The number of ether oxygens (including phenoxy) is 2. The highest BCUT2D eigenvalue weighted by Gasteiger charge is 2.50. The number of esters is 1. The number of fused-ring (bicyclic) bond motifs is 1. The molecule has 1 unspecified atom stereocenters. The molecule has 2 rings (SSSR count). The Morgan fingerprint density at radius 3 is 2.42 bits per heavy atom. The summed E-state index contributed by atoms with van der Waals surface area (Å²) >= 11 is 0. The second-order valence-electron chi connectivity index (χ2n) is 5.23. The van der Waals surface area contributed by atoms with Crippen LogP contribution in [0.15, 0.2) is 12.2 Å². The van der Waals surface area contributed by atoms with Crippen LogP contribution in [-0.4, -0.2) is 40.3 Å². The molecular weight excluding hydrogens is 322 g/mol. The second-order valence-corrected chi connectivity index (χ2v) is 5.23. The largest absolute Gasteiger partial charge is 0.504 e. The Kier molecular flexibility index (Phi) is 4.11. The minimum absolute atomic E-state index is 0.108. The van der Waals surface area contributed by atoms with Crippen molar-refractivity contribution in [1.29, 1.82) is 0 Å². The number of methoxy groups -OCH3 is 1. The molecule has 9 heteroatoms. The van der Waals surface area contributed by atoms with Gasteiger partial charge in [-0.25, -0.2) is 9.59 Å². The molecule has 1 aromatic carbocycles. The summed E-state index contributed by atoms with van der Waals surface area (Å²) in [5, 5.41) is 30.8. The van der Waals surface area contributed by atoms with Crippen LogP contribution in [-0.2, 0) is 19.9 Å². The summed E-state index contributed by atoms with van der Waals surface area (Å²) in [7, 11) is 1.21. The first-order valence-corrected chi connectivity index (χ1v) is 6.71. The number of aliphatic carboxylic acids is 1. The Labute approximate surface area is 136 Å². The third kappa shape index (κ3) is 2.49. The predicted molar refractivity (Wildman–Crippen MR) is 79.0 cm³/mol. The Bertz CT molecular complexity index is 782. The molecule has 1 aromatic rings. The summed E-state index contributed by atoms with van der Waals surface area (Å²) in [6, 6.07) is 0. The molecule has 128 valence electrons. The van der Waals surface area contributed by atoms with Gasteiger partial charge >= 0.3 is 11.9 Å². The van der Waals surface area contributed by atoms with Crippen LogP contribution in [0.3, 0.4) is 0 Å². The van der Waals surface area contributed by atoms with Crippen molar-refractivity contribution in [2.45, 2.75) is 19.4 Å². The van der Waals surface area contributed by atoms with Crippen LogP contribution in [0, 0.1) is 6.92 Å². The lowest BCUT2D eigenvalue weighted by Gasteiger charge is -2.23. The van der Waals surface area contributed by atoms with Crippen LogP contribution in [0.1, 0.15) is 18.1 Å². The number of phenols is 2. The predicted octanol–water partition coefficient (Wildman–Crippen LogP) is 0.306. The molecule has 1 aliphatic rings. The molecule has 1 atom stereocenters. The summed E-state index contributed by atoms with van der Waals surface area (Å²) in [4.78, 5) is 34.6. The van der Waals surface area contributed by atoms with Crippen molar-refractivity contribution in [2.24, 2.45) is 0 Å². The van der Waals surface area contributed by atoms with Crippen LogP contribution in [0.2, 0.25) is 0 Å². The third-order valence-electron chi connectivity index (χ3n) is 3.66. The molecular formula is C15H15NO8. The Morgan fingerprint density at radius 2 is 1.88 bits per heavy atom. The maximum Gasteiger partial charge on any atom is 0.341 e. The summed E-state index contributed by atoms with van der Waals surface area (Å²) < 4.78 is 10.1. The van der Waals surface area contributed by atoms with Crippen molar-refractivity contribution < 1.29 is 39.2 Å². The lowest BCUT2D eigenvalue weighted by atomic mass is 9.88. The number of nitrogens with one attached hydrogen (secondary N) is 1. The summed E-state index contributed by atoms with van der Waals surface area (Å²) in [5.41, 5.74) is -1.48. The Hall–Kier alpha value is -3.23. The number of rotatable bonds is 4. The lowest BCUT2D eigenvalue weighted by Crippen LogP contribution is -2.47. The fraction of sp³-hybridized carbons (Fsp3) is 0.267. The van der Waals surface area contributed by atoms with Crippen LogP contribution >= 0.6 is 0 Å². The Morgan fingerprint density at radius 1 is 1.25 bits per heavy atom. The van der Waals surface area contributed by atoms with E-state index in [0.29, 0.717) is 6.08 Å². The number of carbonyl (C=O) groups excluding carboxylic acids is 2. The van der Waals surface area contributed by atoms with Gasteiger partial charge in [-0.1, -0.05) is 0 Å². The number of carboxylic acids is 1. The standard InChI is InChI=1S/C15H15NO8/c1-6-9-12(13(23-3)11(21)10(6)20)24-14(22)15(9,2)16-7(17)4-5-8(18)19/h4-5,20-21H,1-3H3,(H,16,17)(H,18,19)/b5-4+. The van der Waals surface area contributed by atoms with Gasteiger partial charge in [0, 0.05) is 23.3 Å². The number of hydrogen-bond donors (Lipinski definition) is 4. The quantitative estimate of drug-likeness (QED) is 0.266. The average Bonchev–Trinajstić information content (AvgIpc) is 2.75. The third-order valence-corrected chi connectivity index (χ3v) is 3.66. The molecule has 0 radical (unpaired) electrons. The van der Waals surface area contributed by atoms with E-state index in [0.717, 1.165) is 6.08 Å². The van der Waals surface area contributed by atoms with Gasteiger partial charge in [0.25, 0.3) is 0 Å². The van der Waals surface area contributed by atoms with Gasteiger partial charge in [0.15, 0.2) is 17.0 Å². The lowest BCUT2D eigenvalue weighted by molar-refractivity contribution is -0.141. The molecule has 4 N–H and O–H groups in total. The number of carboxylic acid groups (broad SMARTS) is 1. The normalized spacial score (nSPS) is 19.0. The Balaban J connectivity index is 2.57. The van der Waals surface area contributed by atoms with Gasteiger partial charge in [-0.3, -0.25) is 4.79 Å². The fourth-order valence-electron chi connectivity index (χ4n) is 2.53. The van der Waals surface area contributed by atoms with E-state index in [9.17, 15) is 24.6 Å². The zero-order chi connectivity index (χ0) is 18.2. The van der Waals surface area contributed by atoms with Crippen molar-refractivity contribution >= 4 is 17.8 Å². The van der Waals surface area contributed by atoms with Crippen LogP contribution in [0.25, 0.3) is 0 Å². The molecule has 0 aromatic heterocycles. The highest BCUT2D eigenvalue weighted by molar-refractivity contribution is 6.00. The van der Waals surface area contributed by atoms with E-state index >= 15 is 0 Å². The van der Waals surface area contributed by atoms with E-state index < -0.39 is 34.9 Å². The highest BCUT2D eigenvalue weighted by atomic mass is 16.6. The first kappa shape index (κ1) is 17.1. The molecule has 0 fully saturated rings. The van der Waals surface area contributed by atoms with E-state index in [1.54, 1.807) is 0 Å². The van der Waals surface area contributed by atoms with E-state index in [1.807, 2.05) is 0 Å². The van der Waals surface area contributed by atoms with Gasteiger partial charge in [0.05, 0.1) is 7.11 Å². The van der Waals surface area contributed by atoms with Gasteiger partial charge in [-0.2, -0.15) is 0 Å². The molecule has 0 saturated carbocycles. The summed E-state index contributed by atoms with van der Waals surface area (Å²) in [6.07, 6.45) is 1.35. The van der Waals surface area contributed by atoms with Crippen molar-refractivity contribution in [3.8, 4) is 23.0 Å². The van der Waals surface area contributed by atoms with Gasteiger partial charge in [0.1, 0.15) is 0 Å². The molecule has 9 nitrogen and oxygen atoms in total. The summed E-state index contributed by atoms with van der Waals surface area (Å²) in [5.74, 6) is -4.55. The highest BCUT2D eigenvalue weighted by Crippen LogP contribution is 2.54. The number of aromatic hydroxyl groups is 2. The van der Waals surface area contributed by atoms with Gasteiger partial charge < -0.3 is 30.1 Å². The maximum atomic E-state index is 12.3. The van der Waals surface area contributed by atoms with E-state index in [1.165, 1.54) is 21.0 Å². The number of carbonyl (C=O) groups is 3. The molecule has 1 amide bonds. The number of phenolic OH excluding ortho intramolecular Hbond substituents is 2. The fourth-order valence-corrected chi connectivity index (χ4v) is 2.53. The van der Waals surface area contributed by atoms with Crippen molar-refractivity contribution in [3.05, 3.63) is 23.3 Å². The van der Waals surface area contributed by atoms with E-state index in [4.69, 9.17) is 14.6 Å². The van der Waals surface area contributed by atoms with Crippen LogP contribution in [0.4, 0.5) is 0 Å². The molecule has 0 saturated heterocycles. The van der Waals surface area contributed by atoms with Crippen LogP contribution < -0.4 is 14.8 Å². The molecule has 1 aliphatic heterocycles. The maximum absolute atomic E-state index is 12.3. The number of hydrogen-bond acceptors (Lipinski definition) is 7. The minimum Gasteiger partial charge on any atom is -0.504 e. The van der Waals surface area contributed by atoms with Crippen LogP contribution in [0.5, 0.6) is 23.0 Å².